The van der Waals surface area contributed by atoms with Gasteiger partial charge < -0.3 is 14.7 Å². The topological polar surface area (TPSA) is 49.8 Å². The van der Waals surface area contributed by atoms with E-state index in [0.29, 0.717) is 11.3 Å². The molecule has 0 atom stereocenters. The molecular weight excluding hydrogens is 322 g/mol. The van der Waals surface area contributed by atoms with Crippen molar-refractivity contribution in [3.8, 4) is 5.75 Å². The number of rotatable bonds is 5. The third-order valence-electron chi connectivity index (χ3n) is 2.51. The lowest BCUT2D eigenvalue weighted by Crippen LogP contribution is -2.39. The van der Waals surface area contributed by atoms with Crippen LogP contribution in [-0.4, -0.2) is 41.2 Å². The van der Waals surface area contributed by atoms with E-state index in [-0.39, 0.29) is 18.6 Å². The van der Waals surface area contributed by atoms with Gasteiger partial charge >= 0.3 is 0 Å². The van der Waals surface area contributed by atoms with Gasteiger partial charge in [-0.25, -0.2) is 0 Å². The van der Waals surface area contributed by atoms with Crippen LogP contribution in [0.1, 0.15) is 38.1 Å². The first kappa shape index (κ1) is 17.0. The summed E-state index contributed by atoms with van der Waals surface area (Å²) in [6.45, 7) is 7.42. The third-order valence-corrected chi connectivity index (χ3v) is 3.00. The van der Waals surface area contributed by atoms with Gasteiger partial charge in [-0.1, -0.05) is 15.9 Å². The number of ether oxygens (including phenoxy) is 1. The highest BCUT2D eigenvalue weighted by Crippen LogP contribution is 2.26. The van der Waals surface area contributed by atoms with E-state index in [4.69, 9.17) is 4.74 Å². The summed E-state index contributed by atoms with van der Waals surface area (Å²) in [6.07, 6.45) is -0.0181. The number of nitrogens with zero attached hydrogens (tertiary/aromatic N) is 1. The number of halogens is 1. The van der Waals surface area contributed by atoms with Gasteiger partial charge in [0.2, 0.25) is 0 Å². The zero-order valence-electron chi connectivity index (χ0n) is 12.6. The molecule has 0 aliphatic rings. The van der Waals surface area contributed by atoms with Crippen LogP contribution in [0.25, 0.3) is 0 Å². The van der Waals surface area contributed by atoms with Crippen molar-refractivity contribution in [2.45, 2.75) is 39.4 Å². The summed E-state index contributed by atoms with van der Waals surface area (Å²) in [5.41, 5.74) is -0.438. The summed E-state index contributed by atoms with van der Waals surface area (Å²) >= 11 is 3.38. The summed E-state index contributed by atoms with van der Waals surface area (Å²) < 4.78 is 6.54. The number of carbonyl (C=O) groups is 1. The van der Waals surface area contributed by atoms with Crippen molar-refractivity contribution in [2.24, 2.45) is 0 Å². The zero-order chi connectivity index (χ0) is 15.5. The average Bonchev–Trinajstić information content (AvgIpc) is 2.25. The lowest BCUT2D eigenvalue weighted by molar-refractivity contribution is 0.0365. The molecule has 0 aromatic heterocycles. The fourth-order valence-corrected chi connectivity index (χ4v) is 2.22. The maximum Gasteiger partial charge on any atom is 0.257 e. The first-order chi connectivity index (χ1) is 9.10. The molecule has 20 heavy (non-hydrogen) atoms. The number of amides is 1. The number of likely N-dealkylation sites (N-methyl/N-ethyl adjacent to an activating group) is 1. The number of hydrogen-bond donors (Lipinski definition) is 1. The molecule has 4 nitrogen and oxygen atoms in total. The minimum Gasteiger partial charge on any atom is -0.490 e. The number of carbonyl (C=O) groups excluding carboxylic acids is 1. The Hall–Kier alpha value is -1.07. The van der Waals surface area contributed by atoms with Crippen LogP contribution in [0.5, 0.6) is 5.75 Å². The molecule has 5 heteroatoms. The van der Waals surface area contributed by atoms with E-state index in [0.717, 1.165) is 4.47 Å². The van der Waals surface area contributed by atoms with Gasteiger partial charge in [-0.05, 0) is 45.9 Å². The smallest absolute Gasteiger partial charge is 0.257 e. The maximum atomic E-state index is 12.5. The van der Waals surface area contributed by atoms with Gasteiger partial charge in [-0.2, -0.15) is 0 Å². The minimum absolute atomic E-state index is 0.0181. The first-order valence-corrected chi connectivity index (χ1v) is 7.33. The zero-order valence-corrected chi connectivity index (χ0v) is 14.2. The van der Waals surface area contributed by atoms with Gasteiger partial charge in [0.15, 0.2) is 0 Å². The summed E-state index contributed by atoms with van der Waals surface area (Å²) in [7, 11) is 1.67. The second-order valence-corrected chi connectivity index (χ2v) is 6.70. The van der Waals surface area contributed by atoms with Gasteiger partial charge in [0.05, 0.1) is 17.3 Å². The molecule has 0 aliphatic heterocycles. The highest BCUT2D eigenvalue weighted by Gasteiger charge is 2.23. The molecule has 0 radical (unpaired) electrons. The van der Waals surface area contributed by atoms with Crippen molar-refractivity contribution in [1.82, 2.24) is 4.90 Å². The average molecular weight is 344 g/mol. The van der Waals surface area contributed by atoms with Crippen molar-refractivity contribution in [1.29, 1.82) is 0 Å². The van der Waals surface area contributed by atoms with Crippen LogP contribution < -0.4 is 4.74 Å². The Kier molecular flexibility index (Phi) is 5.59. The van der Waals surface area contributed by atoms with Gasteiger partial charge in [-0.3, -0.25) is 4.79 Å². The highest BCUT2D eigenvalue weighted by molar-refractivity contribution is 9.10. The third kappa shape index (κ3) is 5.13. The predicted molar refractivity (Wildman–Crippen MR) is 83.2 cm³/mol. The molecule has 1 rings (SSSR count). The van der Waals surface area contributed by atoms with E-state index >= 15 is 0 Å². The molecule has 0 saturated heterocycles. The molecule has 0 unspecified atom stereocenters. The number of hydrogen-bond acceptors (Lipinski definition) is 3. The van der Waals surface area contributed by atoms with Crippen molar-refractivity contribution in [3.63, 3.8) is 0 Å². The Balaban J connectivity index is 3.03. The predicted octanol–water partition coefficient (Wildman–Crippen LogP) is 3.08. The number of benzene rings is 1. The Bertz CT molecular complexity index is 480. The Morgan fingerprint density at radius 3 is 2.55 bits per heavy atom. The molecule has 1 N–H and O–H groups in total. The Morgan fingerprint density at radius 2 is 2.05 bits per heavy atom. The lowest BCUT2D eigenvalue weighted by atomic mass is 10.1. The van der Waals surface area contributed by atoms with E-state index in [1.165, 1.54) is 4.90 Å². The van der Waals surface area contributed by atoms with Crippen LogP contribution in [0.2, 0.25) is 0 Å². The van der Waals surface area contributed by atoms with Gasteiger partial charge in [0, 0.05) is 18.1 Å². The summed E-state index contributed by atoms with van der Waals surface area (Å²) in [4.78, 5) is 14.0. The Morgan fingerprint density at radius 1 is 1.45 bits per heavy atom. The standard InChI is InChI=1S/C15H22BrNO3/c1-10(2)20-13-8-11(16)6-7-12(13)14(18)17(5)9-15(3,4)19/h6-8,10,19H,9H2,1-5H3. The maximum absolute atomic E-state index is 12.5. The molecule has 0 saturated carbocycles. The molecule has 0 heterocycles. The normalized spacial score (nSPS) is 11.6. The van der Waals surface area contributed by atoms with E-state index in [1.54, 1.807) is 39.1 Å². The fourth-order valence-electron chi connectivity index (χ4n) is 1.88. The Labute approximate surface area is 128 Å². The summed E-state index contributed by atoms with van der Waals surface area (Å²) in [6, 6.07) is 5.31. The second-order valence-electron chi connectivity index (χ2n) is 5.78. The van der Waals surface area contributed by atoms with Gasteiger partial charge in [0.1, 0.15) is 5.75 Å². The summed E-state index contributed by atoms with van der Waals surface area (Å²) in [5, 5.41) is 9.81. The van der Waals surface area contributed by atoms with Crippen molar-refractivity contribution < 1.29 is 14.6 Å². The molecule has 0 fully saturated rings. The molecule has 0 bridgehead atoms. The quantitative estimate of drug-likeness (QED) is 0.893. The van der Waals surface area contributed by atoms with Crippen LogP contribution >= 0.6 is 15.9 Å². The van der Waals surface area contributed by atoms with Crippen LogP contribution in [0.4, 0.5) is 0 Å². The van der Waals surface area contributed by atoms with Crippen LogP contribution in [0, 0.1) is 0 Å². The van der Waals surface area contributed by atoms with Crippen LogP contribution in [-0.2, 0) is 0 Å². The fraction of sp³-hybridized carbons (Fsp3) is 0.533. The molecule has 0 spiro atoms. The molecule has 1 aromatic carbocycles. The van der Waals surface area contributed by atoms with Gasteiger partial charge in [-0.15, -0.1) is 0 Å². The van der Waals surface area contributed by atoms with E-state index < -0.39 is 5.60 Å². The second kappa shape index (κ2) is 6.59. The van der Waals surface area contributed by atoms with E-state index in [2.05, 4.69) is 15.9 Å². The first-order valence-electron chi connectivity index (χ1n) is 6.54. The van der Waals surface area contributed by atoms with Crippen LogP contribution in [0.3, 0.4) is 0 Å². The van der Waals surface area contributed by atoms with Gasteiger partial charge in [0.25, 0.3) is 5.91 Å². The van der Waals surface area contributed by atoms with E-state index in [1.807, 2.05) is 13.8 Å². The molecule has 1 aromatic rings. The van der Waals surface area contributed by atoms with Crippen molar-refractivity contribution in [2.75, 3.05) is 13.6 Å². The molecule has 112 valence electrons. The molecule has 1 amide bonds. The van der Waals surface area contributed by atoms with Crippen molar-refractivity contribution >= 4 is 21.8 Å². The summed E-state index contributed by atoms with van der Waals surface area (Å²) in [5.74, 6) is 0.372. The van der Waals surface area contributed by atoms with E-state index in [9.17, 15) is 9.90 Å². The SMILES string of the molecule is CC(C)Oc1cc(Br)ccc1C(=O)N(C)CC(C)(C)O. The largest absolute Gasteiger partial charge is 0.490 e. The highest BCUT2D eigenvalue weighted by atomic mass is 79.9. The number of aliphatic hydroxyl groups is 1. The van der Waals surface area contributed by atoms with Crippen LogP contribution in [0.15, 0.2) is 22.7 Å². The molecule has 0 aliphatic carbocycles. The minimum atomic E-state index is -0.932. The monoisotopic (exact) mass is 343 g/mol. The molecular formula is C15H22BrNO3. The van der Waals surface area contributed by atoms with Crippen molar-refractivity contribution in [3.05, 3.63) is 28.2 Å². The lowest BCUT2D eigenvalue weighted by Gasteiger charge is -2.26.